The molecule has 0 amide bonds. The average molecular weight is 664 g/mol. The van der Waals surface area contributed by atoms with Crippen LogP contribution in [-0.2, 0) is 38.1 Å². The molecule has 10 heteroatoms. The Morgan fingerprint density at radius 1 is 0.872 bits per heavy atom. The van der Waals surface area contributed by atoms with Crippen molar-refractivity contribution in [3.63, 3.8) is 0 Å². The Labute approximate surface area is 281 Å². The van der Waals surface area contributed by atoms with Gasteiger partial charge in [0.1, 0.15) is 23.9 Å². The Bertz CT molecular complexity index is 1200. The van der Waals surface area contributed by atoms with Gasteiger partial charge in [0, 0.05) is 38.0 Å². The molecule has 2 N–H and O–H groups in total. The first-order valence-electron chi connectivity index (χ1n) is 17.8. The lowest BCUT2D eigenvalue weighted by Gasteiger charge is -2.70. The molecular formula is C37H61NO9. The van der Waals surface area contributed by atoms with E-state index in [-0.39, 0.29) is 70.2 Å². The smallest absolute Gasteiger partial charge is 0.325 e. The molecule has 0 saturated heterocycles. The molecule has 4 rings (SSSR count). The number of aliphatic hydroxyl groups excluding tert-OH is 1. The van der Waals surface area contributed by atoms with Gasteiger partial charge in [0.05, 0.1) is 13.7 Å². The summed E-state index contributed by atoms with van der Waals surface area (Å²) >= 11 is 0. The van der Waals surface area contributed by atoms with Crippen molar-refractivity contribution in [1.82, 2.24) is 5.32 Å². The predicted molar refractivity (Wildman–Crippen MR) is 176 cm³/mol. The number of fused-ring (bicyclic) bond motifs is 5. The van der Waals surface area contributed by atoms with Gasteiger partial charge in [-0.15, -0.1) is 0 Å². The Morgan fingerprint density at radius 2 is 1.51 bits per heavy atom. The lowest BCUT2D eigenvalue weighted by molar-refractivity contribution is -0.253. The molecule has 4 aliphatic rings. The number of methoxy groups -OCH3 is 1. The van der Waals surface area contributed by atoms with Crippen molar-refractivity contribution in [2.75, 3.05) is 20.3 Å². The molecule has 4 fully saturated rings. The molecule has 4 unspecified atom stereocenters. The molecule has 0 bridgehead atoms. The summed E-state index contributed by atoms with van der Waals surface area (Å²) in [6, 6.07) is -0.816. The number of rotatable bonds is 11. The van der Waals surface area contributed by atoms with Crippen LogP contribution in [0.2, 0.25) is 0 Å². The van der Waals surface area contributed by atoms with Crippen molar-refractivity contribution in [3.8, 4) is 0 Å². The maximum Gasteiger partial charge on any atom is 0.325 e. The predicted octanol–water partition coefficient (Wildman–Crippen LogP) is 5.37. The van der Waals surface area contributed by atoms with Gasteiger partial charge < -0.3 is 29.4 Å². The van der Waals surface area contributed by atoms with Crippen LogP contribution in [0.5, 0.6) is 0 Å². The third kappa shape index (κ3) is 6.59. The zero-order valence-electron chi connectivity index (χ0n) is 30.5. The number of aliphatic hydroxyl groups is 1. The summed E-state index contributed by atoms with van der Waals surface area (Å²) in [5.74, 6) is -0.773. The van der Waals surface area contributed by atoms with Crippen LogP contribution in [0.15, 0.2) is 0 Å². The fourth-order valence-electron chi connectivity index (χ4n) is 11.9. The second kappa shape index (κ2) is 13.6. The maximum absolute atomic E-state index is 12.8. The highest BCUT2D eigenvalue weighted by atomic mass is 16.6. The van der Waals surface area contributed by atoms with Crippen molar-refractivity contribution in [1.29, 1.82) is 0 Å². The summed E-state index contributed by atoms with van der Waals surface area (Å²) < 4.78 is 23.2. The average Bonchev–Trinajstić information content (AvgIpc) is 3.35. The SMILES string of the molecule is COC(=O)[C@H](CO)NCCC[C@](C)(OC(C)=O)C1CC[C@]2(C)[C@@H]1C(OC(C)=O)CC1[C@@]3(C)CC[C@H](OC(C)=O)C(C)(C)C3CC[C@]12C. The van der Waals surface area contributed by atoms with Crippen LogP contribution in [0, 0.1) is 45.3 Å². The summed E-state index contributed by atoms with van der Waals surface area (Å²) in [6.07, 6.45) is 7.10. The van der Waals surface area contributed by atoms with Gasteiger partial charge in [-0.2, -0.15) is 0 Å². The second-order valence-electron chi connectivity index (χ2n) is 16.7. The normalized spacial score (nSPS) is 39.2. The zero-order chi connectivity index (χ0) is 35.2. The van der Waals surface area contributed by atoms with Gasteiger partial charge in [0.2, 0.25) is 0 Å². The molecule has 47 heavy (non-hydrogen) atoms. The van der Waals surface area contributed by atoms with Crippen molar-refractivity contribution in [2.45, 2.75) is 144 Å². The minimum Gasteiger partial charge on any atom is -0.468 e. The Kier molecular flexibility index (Phi) is 10.9. The van der Waals surface area contributed by atoms with Gasteiger partial charge in [0.15, 0.2) is 0 Å². The molecule has 0 aromatic rings. The van der Waals surface area contributed by atoms with E-state index in [0.717, 1.165) is 44.9 Å². The fraction of sp³-hybridized carbons (Fsp3) is 0.892. The number of ether oxygens (including phenoxy) is 4. The number of hydrogen-bond donors (Lipinski definition) is 2. The highest BCUT2D eigenvalue weighted by Crippen LogP contribution is 2.76. The molecule has 0 aliphatic heterocycles. The molecule has 0 heterocycles. The van der Waals surface area contributed by atoms with E-state index in [9.17, 15) is 24.3 Å². The highest BCUT2D eigenvalue weighted by molar-refractivity contribution is 5.75. The van der Waals surface area contributed by atoms with Crippen LogP contribution in [0.3, 0.4) is 0 Å². The van der Waals surface area contributed by atoms with E-state index in [1.165, 1.54) is 27.9 Å². The van der Waals surface area contributed by atoms with E-state index in [1.807, 2.05) is 6.92 Å². The van der Waals surface area contributed by atoms with Crippen molar-refractivity contribution in [3.05, 3.63) is 0 Å². The minimum atomic E-state index is -0.817. The molecule has 4 saturated carbocycles. The molecule has 0 aromatic heterocycles. The Morgan fingerprint density at radius 3 is 2.09 bits per heavy atom. The van der Waals surface area contributed by atoms with Crippen LogP contribution in [0.4, 0.5) is 0 Å². The first kappa shape index (κ1) is 37.6. The van der Waals surface area contributed by atoms with Crippen LogP contribution >= 0.6 is 0 Å². The van der Waals surface area contributed by atoms with Gasteiger partial charge in [0.25, 0.3) is 0 Å². The fourth-order valence-corrected chi connectivity index (χ4v) is 11.9. The lowest BCUT2D eigenvalue weighted by atomic mass is 9.35. The number of carbonyl (C=O) groups excluding carboxylic acids is 4. The first-order valence-corrected chi connectivity index (χ1v) is 17.8. The van der Waals surface area contributed by atoms with E-state index in [1.54, 1.807) is 0 Å². The van der Waals surface area contributed by atoms with Crippen LogP contribution < -0.4 is 5.32 Å². The standard InChI is InChI=1S/C37H61NO9/c1-22(40)45-27-20-29-34(6)16-14-30(46-23(2)41)33(4,5)28(34)13-18-35(29,7)36(8)17-12-25(31(27)36)37(9,47-24(3)42)15-11-19-38-26(21-39)32(43)44-10/h25-31,38-39H,11-21H2,1-10H3/t25?,26-,27?,28?,29?,30-,31-,34-,35+,36+,37-/m0/s1. The minimum absolute atomic E-state index is 0.00392. The lowest BCUT2D eigenvalue weighted by Crippen LogP contribution is -2.67. The number of hydrogen-bond acceptors (Lipinski definition) is 10. The Balaban J connectivity index is 1.67. The molecule has 4 aliphatic carbocycles. The van der Waals surface area contributed by atoms with E-state index < -0.39 is 17.6 Å². The zero-order valence-corrected chi connectivity index (χ0v) is 30.5. The van der Waals surface area contributed by atoms with E-state index in [4.69, 9.17) is 18.9 Å². The van der Waals surface area contributed by atoms with Gasteiger partial charge >= 0.3 is 23.9 Å². The van der Waals surface area contributed by atoms with Crippen molar-refractivity contribution >= 4 is 23.9 Å². The topological polar surface area (TPSA) is 137 Å². The number of esters is 4. The number of nitrogens with one attached hydrogen (secondary N) is 1. The van der Waals surface area contributed by atoms with Crippen LogP contribution in [-0.4, -0.2) is 73.1 Å². The quantitative estimate of drug-likeness (QED) is 0.169. The second-order valence-corrected chi connectivity index (χ2v) is 16.7. The molecule has 10 nitrogen and oxygen atoms in total. The highest BCUT2D eigenvalue weighted by Gasteiger charge is 2.72. The molecule has 0 aromatic carbocycles. The Hall–Kier alpha value is -2.20. The third-order valence-corrected chi connectivity index (χ3v) is 14.0. The van der Waals surface area contributed by atoms with Crippen molar-refractivity contribution < 1.29 is 43.2 Å². The first-order chi connectivity index (χ1) is 21.8. The third-order valence-electron chi connectivity index (χ3n) is 14.0. The van der Waals surface area contributed by atoms with E-state index in [2.05, 4.69) is 39.9 Å². The molecule has 0 spiro atoms. The van der Waals surface area contributed by atoms with Gasteiger partial charge in [-0.25, -0.2) is 0 Å². The van der Waals surface area contributed by atoms with E-state index in [0.29, 0.717) is 31.2 Å². The summed E-state index contributed by atoms with van der Waals surface area (Å²) in [5, 5.41) is 12.7. The monoisotopic (exact) mass is 663 g/mol. The number of carbonyl (C=O) groups is 4. The largest absolute Gasteiger partial charge is 0.468 e. The molecule has 11 atom stereocenters. The maximum atomic E-state index is 12.8. The van der Waals surface area contributed by atoms with Gasteiger partial charge in [-0.3, -0.25) is 19.2 Å². The molecule has 268 valence electrons. The van der Waals surface area contributed by atoms with E-state index >= 15 is 0 Å². The van der Waals surface area contributed by atoms with Crippen LogP contribution in [0.25, 0.3) is 0 Å². The van der Waals surface area contributed by atoms with Gasteiger partial charge in [-0.1, -0.05) is 34.6 Å². The summed E-state index contributed by atoms with van der Waals surface area (Å²) in [4.78, 5) is 49.4. The molecule has 0 radical (unpaired) electrons. The van der Waals surface area contributed by atoms with Gasteiger partial charge in [-0.05, 0) is 99.3 Å². The summed E-state index contributed by atoms with van der Waals surface area (Å²) in [7, 11) is 1.29. The summed E-state index contributed by atoms with van der Waals surface area (Å²) in [6.45, 7) is 18.4. The van der Waals surface area contributed by atoms with Crippen molar-refractivity contribution in [2.24, 2.45) is 45.3 Å². The van der Waals surface area contributed by atoms with Crippen LogP contribution in [0.1, 0.15) is 120 Å². The summed E-state index contributed by atoms with van der Waals surface area (Å²) in [5.41, 5.74) is -1.23. The molecular weight excluding hydrogens is 602 g/mol.